The fourth-order valence-electron chi connectivity index (χ4n) is 3.31. The highest BCUT2D eigenvalue weighted by Crippen LogP contribution is 2.30. The molecule has 11 heteroatoms. The van der Waals surface area contributed by atoms with Gasteiger partial charge in [0.25, 0.3) is 0 Å². The van der Waals surface area contributed by atoms with Gasteiger partial charge < -0.3 is 14.2 Å². The van der Waals surface area contributed by atoms with Gasteiger partial charge in [0.2, 0.25) is 5.89 Å². The van der Waals surface area contributed by atoms with Gasteiger partial charge in [0.05, 0.1) is 17.8 Å². The lowest BCUT2D eigenvalue weighted by atomic mass is 10.2. The quantitative estimate of drug-likeness (QED) is 0.610. The predicted molar refractivity (Wildman–Crippen MR) is 110 cm³/mol. The molecular weight excluding hydrogens is 425 g/mol. The molecule has 1 fully saturated rings. The molecule has 1 aliphatic rings. The molecule has 0 radical (unpaired) electrons. The van der Waals surface area contributed by atoms with Gasteiger partial charge in [-0.1, -0.05) is 18.2 Å². The Kier molecular flexibility index (Phi) is 6.08. The van der Waals surface area contributed by atoms with Crippen LogP contribution in [0.3, 0.4) is 0 Å². The Labute approximate surface area is 182 Å². The van der Waals surface area contributed by atoms with Gasteiger partial charge in [-0.05, 0) is 31.3 Å². The molecule has 4 rings (SSSR count). The zero-order chi connectivity index (χ0) is 22.7. The standard InChI is InChI=1S/C21H21F3N6O2/c1-28-9-11-29(12-10-28)20(31)30(17-5-3-2-4-6-17)14-16-8-7-15(13-25-16)18-26-27-19(32-18)21(22,23)24/h2-8,13H,9-12,14H2,1H3. The minimum absolute atomic E-state index is 0.123. The number of carbonyl (C=O) groups is 1. The van der Waals surface area contributed by atoms with Gasteiger partial charge in [-0.2, -0.15) is 13.2 Å². The van der Waals surface area contributed by atoms with Crippen molar-refractivity contribution >= 4 is 11.7 Å². The van der Waals surface area contributed by atoms with Crippen molar-refractivity contribution in [3.63, 3.8) is 0 Å². The topological polar surface area (TPSA) is 78.6 Å². The summed E-state index contributed by atoms with van der Waals surface area (Å²) in [4.78, 5) is 23.2. The number of carbonyl (C=O) groups excluding carboxylic acids is 1. The van der Waals surface area contributed by atoms with E-state index in [0.717, 1.165) is 18.8 Å². The van der Waals surface area contributed by atoms with Crippen molar-refractivity contribution in [3.8, 4) is 11.5 Å². The summed E-state index contributed by atoms with van der Waals surface area (Å²) < 4.78 is 42.7. The molecule has 8 nitrogen and oxygen atoms in total. The number of alkyl halides is 3. The molecular formula is C21H21F3N6O2. The highest BCUT2D eigenvalue weighted by atomic mass is 19.4. The molecule has 0 unspecified atom stereocenters. The lowest BCUT2D eigenvalue weighted by molar-refractivity contribution is -0.156. The second kappa shape index (κ2) is 8.95. The van der Waals surface area contributed by atoms with E-state index < -0.39 is 12.1 Å². The maximum Gasteiger partial charge on any atom is 0.470 e. The van der Waals surface area contributed by atoms with Crippen LogP contribution < -0.4 is 4.90 Å². The number of hydrogen-bond acceptors (Lipinski definition) is 6. The summed E-state index contributed by atoms with van der Waals surface area (Å²) in [5.74, 6) is -1.69. The van der Waals surface area contributed by atoms with Crippen LogP contribution in [0.25, 0.3) is 11.5 Å². The van der Waals surface area contributed by atoms with Crippen LogP contribution in [0.1, 0.15) is 11.6 Å². The molecule has 1 saturated heterocycles. The van der Waals surface area contributed by atoms with E-state index in [-0.39, 0.29) is 24.0 Å². The second-order valence-electron chi connectivity index (χ2n) is 7.44. The third kappa shape index (κ3) is 4.88. The highest BCUT2D eigenvalue weighted by molar-refractivity contribution is 5.92. The molecule has 0 bridgehead atoms. The maximum atomic E-state index is 13.3. The third-order valence-corrected chi connectivity index (χ3v) is 5.13. The number of aromatic nitrogens is 3. The Morgan fingerprint density at radius 1 is 1.06 bits per heavy atom. The average molecular weight is 446 g/mol. The summed E-state index contributed by atoms with van der Waals surface area (Å²) in [5.41, 5.74) is 1.55. The summed E-state index contributed by atoms with van der Waals surface area (Å²) in [6.45, 7) is 3.05. The van der Waals surface area contributed by atoms with Gasteiger partial charge >= 0.3 is 18.1 Å². The number of pyridine rings is 1. The van der Waals surface area contributed by atoms with Gasteiger partial charge in [-0.3, -0.25) is 9.88 Å². The van der Waals surface area contributed by atoms with Crippen LogP contribution in [0.15, 0.2) is 53.1 Å². The van der Waals surface area contributed by atoms with Crippen LogP contribution in [0.2, 0.25) is 0 Å². The minimum Gasteiger partial charge on any atom is -0.413 e. The predicted octanol–water partition coefficient (Wildman–Crippen LogP) is 3.52. The first kappa shape index (κ1) is 21.8. The fraction of sp³-hybridized carbons (Fsp3) is 0.333. The molecule has 2 aromatic heterocycles. The van der Waals surface area contributed by atoms with Crippen LogP contribution in [-0.2, 0) is 12.7 Å². The molecule has 1 aromatic carbocycles. The second-order valence-corrected chi connectivity index (χ2v) is 7.44. The zero-order valence-electron chi connectivity index (χ0n) is 17.3. The van der Waals surface area contributed by atoms with E-state index in [2.05, 4.69) is 24.5 Å². The molecule has 3 aromatic rings. The van der Waals surface area contributed by atoms with Crippen molar-refractivity contribution < 1.29 is 22.4 Å². The van der Waals surface area contributed by atoms with Crippen molar-refractivity contribution in [2.75, 3.05) is 38.1 Å². The van der Waals surface area contributed by atoms with E-state index in [0.29, 0.717) is 18.8 Å². The Morgan fingerprint density at radius 3 is 2.38 bits per heavy atom. The molecule has 0 saturated carbocycles. The zero-order valence-corrected chi connectivity index (χ0v) is 17.3. The van der Waals surface area contributed by atoms with Crippen LogP contribution >= 0.6 is 0 Å². The van der Waals surface area contributed by atoms with E-state index in [9.17, 15) is 18.0 Å². The summed E-state index contributed by atoms with van der Waals surface area (Å²) >= 11 is 0. The minimum atomic E-state index is -4.71. The number of piperazine rings is 1. The SMILES string of the molecule is CN1CCN(C(=O)N(Cc2ccc(-c3nnc(C(F)(F)F)o3)cn2)c2ccccc2)CC1. The number of amides is 2. The average Bonchev–Trinajstić information content (AvgIpc) is 3.30. The molecule has 3 heterocycles. The van der Waals surface area contributed by atoms with Gasteiger partial charge in [0.15, 0.2) is 0 Å². The Bertz CT molecular complexity index is 1050. The Hall–Kier alpha value is -3.47. The Morgan fingerprint density at radius 2 is 1.78 bits per heavy atom. The number of benzene rings is 1. The highest BCUT2D eigenvalue weighted by Gasteiger charge is 2.38. The number of hydrogen-bond donors (Lipinski definition) is 0. The first-order valence-corrected chi connectivity index (χ1v) is 9.97. The van der Waals surface area contributed by atoms with Gasteiger partial charge in [-0.15, -0.1) is 10.2 Å². The van der Waals surface area contributed by atoms with E-state index in [1.54, 1.807) is 21.9 Å². The number of para-hydroxylation sites is 1. The number of rotatable bonds is 4. The number of urea groups is 1. The first-order chi connectivity index (χ1) is 15.3. The van der Waals surface area contributed by atoms with Crippen molar-refractivity contribution in [2.24, 2.45) is 0 Å². The molecule has 0 atom stereocenters. The van der Waals surface area contributed by atoms with Gasteiger partial charge in [-0.25, -0.2) is 4.79 Å². The smallest absolute Gasteiger partial charge is 0.413 e. The van der Waals surface area contributed by atoms with Gasteiger partial charge in [0.1, 0.15) is 0 Å². The third-order valence-electron chi connectivity index (χ3n) is 5.13. The fourth-order valence-corrected chi connectivity index (χ4v) is 3.31. The number of anilines is 1. The van der Waals surface area contributed by atoms with Crippen LogP contribution in [-0.4, -0.2) is 64.2 Å². The van der Waals surface area contributed by atoms with Gasteiger partial charge in [0, 0.05) is 38.1 Å². The van der Waals surface area contributed by atoms with Crippen molar-refractivity contribution in [2.45, 2.75) is 12.7 Å². The maximum absolute atomic E-state index is 13.3. The summed E-state index contributed by atoms with van der Waals surface area (Å²) in [7, 11) is 2.02. The molecule has 2 amide bonds. The van der Waals surface area contributed by atoms with Crippen LogP contribution in [0.4, 0.5) is 23.7 Å². The largest absolute Gasteiger partial charge is 0.470 e. The van der Waals surface area contributed by atoms with Crippen LogP contribution in [0.5, 0.6) is 0 Å². The molecule has 0 aliphatic carbocycles. The van der Waals surface area contributed by atoms with Crippen molar-refractivity contribution in [3.05, 3.63) is 60.2 Å². The normalized spacial score (nSPS) is 15.1. The van der Waals surface area contributed by atoms with Crippen LogP contribution in [0, 0.1) is 0 Å². The number of likely N-dealkylation sites (N-methyl/N-ethyl adjacent to an activating group) is 1. The van der Waals surface area contributed by atoms with Crippen molar-refractivity contribution in [1.29, 1.82) is 0 Å². The lowest BCUT2D eigenvalue weighted by Crippen LogP contribution is -2.52. The summed E-state index contributed by atoms with van der Waals surface area (Å²) in [5, 5.41) is 6.46. The Balaban J connectivity index is 1.53. The van der Waals surface area contributed by atoms with E-state index in [1.165, 1.54) is 6.20 Å². The lowest BCUT2D eigenvalue weighted by Gasteiger charge is -2.36. The van der Waals surface area contributed by atoms with E-state index >= 15 is 0 Å². The first-order valence-electron chi connectivity index (χ1n) is 9.97. The van der Waals surface area contributed by atoms with E-state index in [1.807, 2.05) is 37.4 Å². The number of nitrogens with zero attached hydrogens (tertiary/aromatic N) is 6. The molecule has 0 spiro atoms. The van der Waals surface area contributed by atoms with Crippen molar-refractivity contribution in [1.82, 2.24) is 25.0 Å². The molecule has 32 heavy (non-hydrogen) atoms. The summed E-state index contributed by atoms with van der Waals surface area (Å²) in [6.07, 6.45) is -3.36. The number of halogens is 3. The molecule has 1 aliphatic heterocycles. The molecule has 168 valence electrons. The summed E-state index contributed by atoms with van der Waals surface area (Å²) in [6, 6.07) is 12.3. The monoisotopic (exact) mass is 446 g/mol. The molecule has 0 N–H and O–H groups in total. The van der Waals surface area contributed by atoms with E-state index in [4.69, 9.17) is 0 Å².